The fourth-order valence-electron chi connectivity index (χ4n) is 3.62. The first-order valence-electron chi connectivity index (χ1n) is 9.79. The molecule has 4 aromatic rings. The number of nitrogens with zero attached hydrogens (tertiary/aromatic N) is 6. The van der Waals surface area contributed by atoms with Crippen molar-refractivity contribution in [3.63, 3.8) is 0 Å². The van der Waals surface area contributed by atoms with E-state index in [1.807, 2.05) is 32.0 Å². The molecule has 0 saturated carbocycles. The number of hydrogen-bond donors (Lipinski definition) is 1. The average molecular weight is 440 g/mol. The van der Waals surface area contributed by atoms with Gasteiger partial charge in [0, 0.05) is 37.3 Å². The van der Waals surface area contributed by atoms with Crippen LogP contribution in [-0.2, 0) is 6.54 Å². The third kappa shape index (κ3) is 3.62. The van der Waals surface area contributed by atoms with E-state index in [1.165, 1.54) is 0 Å². The van der Waals surface area contributed by atoms with Crippen LogP contribution in [0.2, 0.25) is 0 Å². The van der Waals surface area contributed by atoms with Crippen LogP contribution < -0.4 is 10.5 Å². The number of aromatic nitrogens is 5. The summed E-state index contributed by atoms with van der Waals surface area (Å²) in [5.74, 6) is 0.732. The highest BCUT2D eigenvalue weighted by molar-refractivity contribution is 7.19. The van der Waals surface area contributed by atoms with E-state index in [4.69, 9.17) is 4.98 Å². The Labute approximate surface area is 181 Å². The quantitative estimate of drug-likeness (QED) is 0.523. The van der Waals surface area contributed by atoms with E-state index in [1.54, 1.807) is 28.9 Å². The highest BCUT2D eigenvalue weighted by Gasteiger charge is 2.22. The smallest absolute Gasteiger partial charge is 0.259 e. The molecule has 0 bridgehead atoms. The van der Waals surface area contributed by atoms with Crippen molar-refractivity contribution in [1.29, 1.82) is 0 Å². The number of anilines is 1. The van der Waals surface area contributed by atoms with Crippen molar-refractivity contribution in [1.82, 2.24) is 30.0 Å². The summed E-state index contributed by atoms with van der Waals surface area (Å²) in [6.45, 7) is 8.14. The first-order chi connectivity index (χ1) is 14.6. The molecular formula is C20H21N7OS2. The summed E-state index contributed by atoms with van der Waals surface area (Å²) in [7, 11) is 0. The lowest BCUT2D eigenvalue weighted by molar-refractivity contribution is 0.244. The number of fused-ring (bicyclic) bond motifs is 1. The van der Waals surface area contributed by atoms with Gasteiger partial charge in [0.25, 0.3) is 5.56 Å². The SMILES string of the molecule is Cc1sc2nc(CN3CCN(c4nnc(-c5ccccn5)s4)CC3)[nH]c(=O)c2c1C. The van der Waals surface area contributed by atoms with Gasteiger partial charge in [0.15, 0.2) is 5.01 Å². The highest BCUT2D eigenvalue weighted by atomic mass is 32.1. The predicted octanol–water partition coefficient (Wildman–Crippen LogP) is 2.84. The summed E-state index contributed by atoms with van der Waals surface area (Å²) in [5.41, 5.74) is 1.85. The summed E-state index contributed by atoms with van der Waals surface area (Å²) >= 11 is 3.16. The third-order valence-corrected chi connectivity index (χ3v) is 7.51. The molecule has 1 N–H and O–H groups in total. The molecule has 154 valence electrons. The van der Waals surface area contributed by atoms with Crippen LogP contribution in [0.4, 0.5) is 5.13 Å². The standard InChI is InChI=1S/C20H21N7OS2/c1-12-13(2)29-19-16(12)17(28)22-15(23-19)11-26-7-9-27(10-8-26)20-25-24-18(30-20)14-5-3-4-6-21-14/h3-6H,7-11H2,1-2H3,(H,22,23,28). The first kappa shape index (κ1) is 19.3. The zero-order valence-electron chi connectivity index (χ0n) is 16.8. The topological polar surface area (TPSA) is 90.9 Å². The molecule has 0 unspecified atom stereocenters. The van der Waals surface area contributed by atoms with Crippen LogP contribution in [0.15, 0.2) is 29.2 Å². The molecule has 0 spiro atoms. The second kappa shape index (κ2) is 7.86. The molecule has 10 heteroatoms. The van der Waals surface area contributed by atoms with Gasteiger partial charge >= 0.3 is 0 Å². The van der Waals surface area contributed by atoms with Crippen LogP contribution in [-0.4, -0.2) is 56.2 Å². The minimum atomic E-state index is -0.0357. The molecule has 0 aromatic carbocycles. The lowest BCUT2D eigenvalue weighted by Crippen LogP contribution is -2.46. The number of hydrogen-bond acceptors (Lipinski definition) is 9. The Kier molecular flexibility index (Phi) is 5.05. The van der Waals surface area contributed by atoms with E-state index in [-0.39, 0.29) is 5.56 Å². The lowest BCUT2D eigenvalue weighted by Gasteiger charge is -2.33. The number of nitrogens with one attached hydrogen (secondary N) is 1. The van der Waals surface area contributed by atoms with Gasteiger partial charge in [-0.05, 0) is 31.5 Å². The fraction of sp³-hybridized carbons (Fsp3) is 0.350. The lowest BCUT2D eigenvalue weighted by atomic mass is 10.2. The minimum absolute atomic E-state index is 0.0357. The number of aryl methyl sites for hydroxylation is 2. The number of aromatic amines is 1. The van der Waals surface area contributed by atoms with Gasteiger partial charge in [0.05, 0.1) is 11.9 Å². The summed E-state index contributed by atoms with van der Waals surface area (Å²) in [4.78, 5) is 31.1. The van der Waals surface area contributed by atoms with Gasteiger partial charge in [0.1, 0.15) is 16.3 Å². The van der Waals surface area contributed by atoms with Crippen LogP contribution in [0.5, 0.6) is 0 Å². The Morgan fingerprint density at radius 1 is 1.10 bits per heavy atom. The van der Waals surface area contributed by atoms with E-state index < -0.39 is 0 Å². The van der Waals surface area contributed by atoms with E-state index in [2.05, 4.69) is 30.0 Å². The summed E-state index contributed by atoms with van der Waals surface area (Å²) in [5, 5.41) is 11.1. The highest BCUT2D eigenvalue weighted by Crippen LogP contribution is 2.28. The third-order valence-electron chi connectivity index (χ3n) is 5.40. The van der Waals surface area contributed by atoms with Crippen molar-refractivity contribution in [2.75, 3.05) is 31.1 Å². The fourth-order valence-corrected chi connectivity index (χ4v) is 5.54. The number of thiophene rings is 1. The summed E-state index contributed by atoms with van der Waals surface area (Å²) in [6, 6.07) is 5.80. The normalized spacial score (nSPS) is 15.2. The molecule has 1 saturated heterocycles. The number of rotatable bonds is 4. The van der Waals surface area contributed by atoms with Crippen molar-refractivity contribution < 1.29 is 0 Å². The Hall–Kier alpha value is -2.69. The maximum absolute atomic E-state index is 12.5. The molecule has 8 nitrogen and oxygen atoms in total. The Balaban J connectivity index is 1.25. The Bertz CT molecular complexity index is 1240. The maximum atomic E-state index is 12.5. The summed E-state index contributed by atoms with van der Waals surface area (Å²) < 4.78 is 0. The van der Waals surface area contributed by atoms with E-state index in [9.17, 15) is 4.79 Å². The van der Waals surface area contributed by atoms with Crippen LogP contribution >= 0.6 is 22.7 Å². The van der Waals surface area contributed by atoms with Crippen LogP contribution in [0.25, 0.3) is 20.9 Å². The van der Waals surface area contributed by atoms with Gasteiger partial charge in [-0.2, -0.15) is 0 Å². The van der Waals surface area contributed by atoms with Gasteiger partial charge in [-0.1, -0.05) is 17.4 Å². The molecule has 0 amide bonds. The largest absolute Gasteiger partial charge is 0.344 e. The molecule has 1 aliphatic rings. The minimum Gasteiger partial charge on any atom is -0.344 e. The molecule has 0 aliphatic carbocycles. The van der Waals surface area contributed by atoms with Crippen molar-refractivity contribution in [2.24, 2.45) is 0 Å². The van der Waals surface area contributed by atoms with Gasteiger partial charge < -0.3 is 9.88 Å². The van der Waals surface area contributed by atoms with E-state index >= 15 is 0 Å². The summed E-state index contributed by atoms with van der Waals surface area (Å²) in [6.07, 6.45) is 1.77. The number of piperazine rings is 1. The van der Waals surface area contributed by atoms with Crippen molar-refractivity contribution in [3.05, 3.63) is 51.0 Å². The predicted molar refractivity (Wildman–Crippen MR) is 120 cm³/mol. The molecule has 30 heavy (non-hydrogen) atoms. The van der Waals surface area contributed by atoms with E-state index in [0.717, 1.165) is 68.5 Å². The zero-order chi connectivity index (χ0) is 20.7. The monoisotopic (exact) mass is 439 g/mol. The van der Waals surface area contributed by atoms with E-state index in [0.29, 0.717) is 6.54 Å². The molecule has 5 heterocycles. The van der Waals surface area contributed by atoms with Crippen LogP contribution in [0, 0.1) is 13.8 Å². The second-order valence-electron chi connectivity index (χ2n) is 7.34. The molecular weight excluding hydrogens is 418 g/mol. The van der Waals surface area contributed by atoms with Crippen molar-refractivity contribution >= 4 is 38.0 Å². The molecule has 4 aromatic heterocycles. The maximum Gasteiger partial charge on any atom is 0.259 e. The molecule has 1 fully saturated rings. The zero-order valence-corrected chi connectivity index (χ0v) is 18.4. The van der Waals surface area contributed by atoms with Gasteiger partial charge in [-0.15, -0.1) is 21.5 Å². The molecule has 0 atom stereocenters. The van der Waals surface area contributed by atoms with Crippen molar-refractivity contribution in [3.8, 4) is 10.7 Å². The second-order valence-corrected chi connectivity index (χ2v) is 9.50. The molecule has 5 rings (SSSR count). The van der Waals surface area contributed by atoms with Crippen LogP contribution in [0.3, 0.4) is 0 Å². The van der Waals surface area contributed by atoms with Crippen LogP contribution in [0.1, 0.15) is 16.3 Å². The molecule has 1 aliphatic heterocycles. The Morgan fingerprint density at radius 3 is 2.70 bits per heavy atom. The Morgan fingerprint density at radius 2 is 1.93 bits per heavy atom. The average Bonchev–Trinajstić information content (AvgIpc) is 3.35. The number of H-pyrrole nitrogens is 1. The van der Waals surface area contributed by atoms with Gasteiger partial charge in [-0.25, -0.2) is 4.98 Å². The first-order valence-corrected chi connectivity index (χ1v) is 11.4. The molecule has 0 radical (unpaired) electrons. The van der Waals surface area contributed by atoms with Gasteiger partial charge in [0.2, 0.25) is 5.13 Å². The van der Waals surface area contributed by atoms with Gasteiger partial charge in [-0.3, -0.25) is 14.7 Å². The van der Waals surface area contributed by atoms with Crippen molar-refractivity contribution in [2.45, 2.75) is 20.4 Å². The number of pyridine rings is 1.